The molecule has 1 aromatic heterocycles. The lowest BCUT2D eigenvalue weighted by Crippen LogP contribution is -2.04. The van der Waals surface area contributed by atoms with Crippen LogP contribution in [0.1, 0.15) is 17.6 Å². The number of halogens is 1. The minimum atomic E-state index is -0.606. The molecule has 0 aliphatic rings. The molecule has 0 spiro atoms. The molecule has 0 N–H and O–H groups in total. The highest BCUT2D eigenvalue weighted by Crippen LogP contribution is 2.04. The molecule has 0 atom stereocenters. The largest absolute Gasteiger partial charge is 0.459 e. The van der Waals surface area contributed by atoms with Crippen LogP contribution in [-0.2, 0) is 4.74 Å². The summed E-state index contributed by atoms with van der Waals surface area (Å²) >= 11 is 2.93. The van der Waals surface area contributed by atoms with Gasteiger partial charge in [-0.3, -0.25) is 0 Å². The minimum absolute atomic E-state index is 0.140. The summed E-state index contributed by atoms with van der Waals surface area (Å²) in [5.41, 5.74) is 0. The van der Waals surface area contributed by atoms with Crippen LogP contribution >= 0.6 is 15.9 Å². The second-order valence-corrected chi connectivity index (χ2v) is 2.30. The zero-order valence-corrected chi connectivity index (χ0v) is 7.29. The molecule has 1 rings (SSSR count). The summed E-state index contributed by atoms with van der Waals surface area (Å²) in [6, 6.07) is 0. The van der Waals surface area contributed by atoms with Gasteiger partial charge in [0.2, 0.25) is 4.73 Å². The third-order valence-corrected chi connectivity index (χ3v) is 1.17. The van der Waals surface area contributed by atoms with E-state index in [-0.39, 0.29) is 10.6 Å². The maximum absolute atomic E-state index is 10.8. The van der Waals surface area contributed by atoms with Gasteiger partial charge in [-0.2, -0.15) is 4.98 Å². The molecule has 0 fully saturated rings. The molecular formula is C5H5BrN2O3. The monoisotopic (exact) mass is 220 g/mol. The molecule has 0 saturated carbocycles. The Labute approximate surface area is 70.9 Å². The molecule has 1 aromatic rings. The number of esters is 1. The van der Waals surface area contributed by atoms with Crippen LogP contribution in [0.4, 0.5) is 0 Å². The SMILES string of the molecule is CCOC(=O)c1nc(Br)no1. The molecule has 60 valence electrons. The highest BCUT2D eigenvalue weighted by Gasteiger charge is 2.14. The third kappa shape index (κ3) is 2.01. The molecule has 0 amide bonds. The Morgan fingerprint density at radius 2 is 2.55 bits per heavy atom. The standard InChI is InChI=1S/C5H5BrN2O3/c1-2-10-4(9)3-7-5(6)8-11-3/h2H2,1H3. The zero-order valence-electron chi connectivity index (χ0n) is 5.70. The number of aromatic nitrogens is 2. The maximum Gasteiger partial charge on any atom is 0.397 e. The van der Waals surface area contributed by atoms with E-state index < -0.39 is 5.97 Å². The number of rotatable bonds is 2. The normalized spacial score (nSPS) is 9.64. The first kappa shape index (κ1) is 8.19. The van der Waals surface area contributed by atoms with E-state index in [0.29, 0.717) is 6.61 Å². The van der Waals surface area contributed by atoms with Crippen molar-refractivity contribution in [2.24, 2.45) is 0 Å². The molecule has 0 unspecified atom stereocenters. The van der Waals surface area contributed by atoms with Gasteiger partial charge in [0.15, 0.2) is 0 Å². The van der Waals surface area contributed by atoms with Gasteiger partial charge >= 0.3 is 11.9 Å². The van der Waals surface area contributed by atoms with Crippen molar-refractivity contribution < 1.29 is 14.1 Å². The Kier molecular flexibility index (Phi) is 2.58. The smallest absolute Gasteiger partial charge is 0.397 e. The molecule has 6 heteroatoms. The Balaban J connectivity index is 2.69. The van der Waals surface area contributed by atoms with Crippen LogP contribution < -0.4 is 0 Å². The van der Waals surface area contributed by atoms with Crippen molar-refractivity contribution in [3.8, 4) is 0 Å². The van der Waals surface area contributed by atoms with Crippen molar-refractivity contribution in [3.63, 3.8) is 0 Å². The number of hydrogen-bond donors (Lipinski definition) is 0. The lowest BCUT2D eigenvalue weighted by Gasteiger charge is -1.92. The van der Waals surface area contributed by atoms with Crippen molar-refractivity contribution in [1.29, 1.82) is 0 Å². The minimum Gasteiger partial charge on any atom is -0.459 e. The molecule has 11 heavy (non-hydrogen) atoms. The molecular weight excluding hydrogens is 216 g/mol. The number of hydrogen-bond acceptors (Lipinski definition) is 5. The quantitative estimate of drug-likeness (QED) is 0.697. The summed E-state index contributed by atoms with van der Waals surface area (Å²) in [5.74, 6) is -0.746. The van der Waals surface area contributed by atoms with Gasteiger partial charge in [-0.25, -0.2) is 4.79 Å². The molecule has 0 radical (unpaired) electrons. The lowest BCUT2D eigenvalue weighted by molar-refractivity contribution is 0.0470. The van der Waals surface area contributed by atoms with Crippen LogP contribution in [-0.4, -0.2) is 22.7 Å². The first-order chi connectivity index (χ1) is 5.24. The average Bonchev–Trinajstić information content (AvgIpc) is 2.36. The van der Waals surface area contributed by atoms with Crippen LogP contribution in [0.15, 0.2) is 9.26 Å². The van der Waals surface area contributed by atoms with Crippen LogP contribution in [0.25, 0.3) is 0 Å². The van der Waals surface area contributed by atoms with Gasteiger partial charge in [0, 0.05) is 0 Å². The van der Waals surface area contributed by atoms with Gasteiger partial charge in [0.1, 0.15) is 0 Å². The molecule has 5 nitrogen and oxygen atoms in total. The Hall–Kier alpha value is -0.910. The maximum atomic E-state index is 10.8. The fourth-order valence-electron chi connectivity index (χ4n) is 0.481. The molecule has 0 aliphatic carbocycles. The molecule has 0 saturated heterocycles. The van der Waals surface area contributed by atoms with Crippen LogP contribution in [0, 0.1) is 0 Å². The van der Waals surface area contributed by atoms with Crippen molar-refractivity contribution in [1.82, 2.24) is 10.1 Å². The van der Waals surface area contributed by atoms with E-state index in [2.05, 4.69) is 35.3 Å². The first-order valence-electron chi connectivity index (χ1n) is 2.90. The van der Waals surface area contributed by atoms with Crippen LogP contribution in [0.2, 0.25) is 0 Å². The average molecular weight is 221 g/mol. The second kappa shape index (κ2) is 3.47. The zero-order chi connectivity index (χ0) is 8.27. The fraction of sp³-hybridized carbons (Fsp3) is 0.400. The fourth-order valence-corrected chi connectivity index (χ4v) is 0.715. The van der Waals surface area contributed by atoms with Gasteiger partial charge in [0.25, 0.3) is 0 Å². The van der Waals surface area contributed by atoms with E-state index >= 15 is 0 Å². The van der Waals surface area contributed by atoms with E-state index in [1.807, 2.05) is 0 Å². The van der Waals surface area contributed by atoms with Gasteiger partial charge in [0.05, 0.1) is 6.61 Å². The van der Waals surface area contributed by atoms with Crippen molar-refractivity contribution in [2.45, 2.75) is 6.92 Å². The predicted octanol–water partition coefficient (Wildman–Crippen LogP) is 1.01. The molecule has 1 heterocycles. The lowest BCUT2D eigenvalue weighted by atomic mass is 10.7. The molecule has 0 bridgehead atoms. The Bertz CT molecular complexity index is 260. The number of nitrogens with zero attached hydrogens (tertiary/aromatic N) is 2. The van der Waals surface area contributed by atoms with Crippen molar-refractivity contribution in [2.75, 3.05) is 6.61 Å². The van der Waals surface area contributed by atoms with E-state index in [1.54, 1.807) is 6.92 Å². The van der Waals surface area contributed by atoms with Crippen molar-refractivity contribution >= 4 is 21.9 Å². The van der Waals surface area contributed by atoms with Gasteiger partial charge in [-0.05, 0) is 28.0 Å². The van der Waals surface area contributed by atoms with E-state index in [1.165, 1.54) is 0 Å². The van der Waals surface area contributed by atoms with Crippen molar-refractivity contribution in [3.05, 3.63) is 10.6 Å². The number of ether oxygens (including phenoxy) is 1. The van der Waals surface area contributed by atoms with E-state index in [4.69, 9.17) is 0 Å². The summed E-state index contributed by atoms with van der Waals surface area (Å²) < 4.78 is 9.32. The number of carbonyl (C=O) groups is 1. The summed E-state index contributed by atoms with van der Waals surface area (Å²) in [7, 11) is 0. The number of carbonyl (C=O) groups excluding carboxylic acids is 1. The highest BCUT2D eigenvalue weighted by molar-refractivity contribution is 9.10. The van der Waals surface area contributed by atoms with E-state index in [9.17, 15) is 4.79 Å². The van der Waals surface area contributed by atoms with Crippen LogP contribution in [0.5, 0.6) is 0 Å². The van der Waals surface area contributed by atoms with Gasteiger partial charge < -0.3 is 9.26 Å². The summed E-state index contributed by atoms with van der Waals surface area (Å²) in [4.78, 5) is 14.4. The Morgan fingerprint density at radius 1 is 1.82 bits per heavy atom. The third-order valence-electron chi connectivity index (χ3n) is 0.851. The molecule has 0 aromatic carbocycles. The second-order valence-electron chi connectivity index (χ2n) is 1.59. The van der Waals surface area contributed by atoms with Gasteiger partial charge in [-0.15, -0.1) is 0 Å². The van der Waals surface area contributed by atoms with E-state index in [0.717, 1.165) is 0 Å². The topological polar surface area (TPSA) is 65.2 Å². The summed E-state index contributed by atoms with van der Waals surface area (Å²) in [5, 5.41) is 3.35. The summed E-state index contributed by atoms with van der Waals surface area (Å²) in [6.45, 7) is 1.99. The van der Waals surface area contributed by atoms with Crippen LogP contribution in [0.3, 0.4) is 0 Å². The Morgan fingerprint density at radius 3 is 3.00 bits per heavy atom. The highest BCUT2D eigenvalue weighted by atomic mass is 79.9. The predicted molar refractivity (Wildman–Crippen MR) is 38.0 cm³/mol. The van der Waals surface area contributed by atoms with Gasteiger partial charge in [-0.1, -0.05) is 0 Å². The molecule has 0 aliphatic heterocycles. The summed E-state index contributed by atoms with van der Waals surface area (Å²) in [6.07, 6.45) is 0. The first-order valence-corrected chi connectivity index (χ1v) is 3.69.